The topological polar surface area (TPSA) is 115 Å². The zero-order chi connectivity index (χ0) is 22.7. The molecule has 0 bridgehead atoms. The summed E-state index contributed by atoms with van der Waals surface area (Å²) in [7, 11) is -3.45. The van der Waals surface area contributed by atoms with Gasteiger partial charge in [-0.25, -0.2) is 13.7 Å². The van der Waals surface area contributed by atoms with Crippen molar-refractivity contribution >= 4 is 27.5 Å². The standard InChI is InChI=1S/C23H29N5O3S/c1-2-21(29)28-12-5-8-18(28)11-13-32(31,25-15-24)27-23(30)26-22-19-9-3-6-16(19)14-17-7-4-10-20(17)22/h11,13-14,18H,2-10,12H2,1H3,(H2,25,26,27,30,31)/b13-11+/t18-,32?/m1/s1. The third kappa shape index (κ3) is 4.51. The van der Waals surface area contributed by atoms with Crippen molar-refractivity contribution in [2.45, 2.75) is 70.8 Å². The lowest BCUT2D eigenvalue weighted by molar-refractivity contribution is -0.130. The minimum atomic E-state index is -3.45. The third-order valence-corrected chi connectivity index (χ3v) is 7.89. The largest absolute Gasteiger partial charge is 0.336 e. The number of fused-ring (bicyclic) bond motifs is 2. The van der Waals surface area contributed by atoms with Crippen LogP contribution in [0, 0.1) is 11.5 Å². The van der Waals surface area contributed by atoms with Crippen LogP contribution in [-0.4, -0.2) is 33.6 Å². The van der Waals surface area contributed by atoms with Gasteiger partial charge in [-0.2, -0.15) is 5.26 Å². The molecule has 0 aromatic heterocycles. The first-order valence-corrected chi connectivity index (χ1v) is 12.9. The van der Waals surface area contributed by atoms with E-state index in [1.165, 1.54) is 27.7 Å². The first kappa shape index (κ1) is 22.3. The Morgan fingerprint density at radius 2 is 1.91 bits per heavy atom. The summed E-state index contributed by atoms with van der Waals surface area (Å²) in [5.41, 5.74) is 5.73. The number of benzene rings is 1. The highest BCUT2D eigenvalue weighted by atomic mass is 32.2. The zero-order valence-electron chi connectivity index (χ0n) is 18.4. The Balaban J connectivity index is 1.53. The third-order valence-electron chi connectivity index (χ3n) is 6.53. The van der Waals surface area contributed by atoms with Crippen LogP contribution in [0.25, 0.3) is 0 Å². The minimum absolute atomic E-state index is 0.0263. The molecule has 170 valence electrons. The highest BCUT2D eigenvalue weighted by Crippen LogP contribution is 2.38. The molecule has 4 rings (SSSR count). The summed E-state index contributed by atoms with van der Waals surface area (Å²) < 4.78 is 19.1. The van der Waals surface area contributed by atoms with Crippen molar-refractivity contribution in [2.75, 3.05) is 11.9 Å². The van der Waals surface area contributed by atoms with E-state index in [4.69, 9.17) is 5.26 Å². The molecule has 1 aromatic rings. The number of urea groups is 1. The fourth-order valence-corrected chi connectivity index (χ4v) is 6.10. The number of nitriles is 1. The van der Waals surface area contributed by atoms with Crippen molar-refractivity contribution in [3.63, 3.8) is 0 Å². The number of carbonyl (C=O) groups excluding carboxylic acids is 2. The molecule has 1 fully saturated rings. The summed E-state index contributed by atoms with van der Waals surface area (Å²) in [5, 5.41) is 13.3. The molecule has 0 radical (unpaired) electrons. The van der Waals surface area contributed by atoms with E-state index >= 15 is 0 Å². The molecule has 1 heterocycles. The van der Waals surface area contributed by atoms with Crippen molar-refractivity contribution in [1.29, 1.82) is 5.26 Å². The van der Waals surface area contributed by atoms with Crippen molar-refractivity contribution < 1.29 is 13.8 Å². The molecule has 1 saturated heterocycles. The van der Waals surface area contributed by atoms with Crippen molar-refractivity contribution in [2.24, 2.45) is 4.36 Å². The molecule has 3 amide bonds. The molecule has 1 aromatic carbocycles. The average molecular weight is 456 g/mol. The molecule has 9 heteroatoms. The van der Waals surface area contributed by atoms with Crippen LogP contribution in [0.2, 0.25) is 0 Å². The van der Waals surface area contributed by atoms with Gasteiger partial charge in [-0.15, -0.1) is 0 Å². The van der Waals surface area contributed by atoms with Gasteiger partial charge in [0.2, 0.25) is 12.1 Å². The zero-order valence-corrected chi connectivity index (χ0v) is 19.2. The van der Waals surface area contributed by atoms with Gasteiger partial charge in [0, 0.05) is 24.1 Å². The molecular weight excluding hydrogens is 426 g/mol. The molecular formula is C23H29N5O3S. The monoisotopic (exact) mass is 455 g/mol. The predicted octanol–water partition coefficient (Wildman–Crippen LogP) is 3.56. The average Bonchev–Trinajstić information content (AvgIpc) is 3.51. The number of aryl methyl sites for hydroxylation is 2. The Morgan fingerprint density at radius 3 is 2.53 bits per heavy atom. The second-order valence-electron chi connectivity index (χ2n) is 8.53. The number of hydrogen-bond donors (Lipinski definition) is 2. The molecule has 1 unspecified atom stereocenters. The Hall–Kier alpha value is -2.86. The number of nitrogens with zero attached hydrogens (tertiary/aromatic N) is 3. The number of anilines is 1. The molecule has 1 aliphatic heterocycles. The minimum Gasteiger partial charge on any atom is -0.336 e. The first-order chi connectivity index (χ1) is 15.4. The first-order valence-electron chi connectivity index (χ1n) is 11.3. The molecule has 3 aliphatic rings. The van der Waals surface area contributed by atoms with Gasteiger partial charge in [0.05, 0.1) is 6.04 Å². The van der Waals surface area contributed by atoms with Gasteiger partial charge in [0.1, 0.15) is 0 Å². The second kappa shape index (κ2) is 9.33. The lowest BCUT2D eigenvalue weighted by Gasteiger charge is -2.21. The van der Waals surface area contributed by atoms with E-state index < -0.39 is 15.9 Å². The molecule has 8 nitrogen and oxygen atoms in total. The van der Waals surface area contributed by atoms with Crippen LogP contribution >= 0.6 is 0 Å². The van der Waals surface area contributed by atoms with Gasteiger partial charge in [0.15, 0.2) is 9.92 Å². The molecule has 2 N–H and O–H groups in total. The highest BCUT2D eigenvalue weighted by molar-refractivity contribution is 7.95. The maximum Gasteiger partial charge on any atom is 0.331 e. The van der Waals surface area contributed by atoms with E-state index in [0.29, 0.717) is 13.0 Å². The summed E-state index contributed by atoms with van der Waals surface area (Å²) >= 11 is 0. The summed E-state index contributed by atoms with van der Waals surface area (Å²) in [4.78, 5) is 26.7. The number of hydrogen-bond acceptors (Lipinski definition) is 5. The number of likely N-dealkylation sites (tertiary alicyclic amines) is 1. The SMILES string of the molecule is CCC(=O)N1CCC[C@@H]1/C=C/S(=O)(=NC#N)NC(=O)Nc1c2c(cc3c1CCC3)CCC2. The summed E-state index contributed by atoms with van der Waals surface area (Å²) in [6, 6.07) is 1.43. The van der Waals surface area contributed by atoms with Crippen molar-refractivity contribution in [1.82, 2.24) is 9.62 Å². The predicted molar refractivity (Wildman–Crippen MR) is 123 cm³/mol. The summed E-state index contributed by atoms with van der Waals surface area (Å²) in [6.45, 7) is 2.45. The molecule has 0 saturated carbocycles. The smallest absolute Gasteiger partial charge is 0.331 e. The van der Waals surface area contributed by atoms with Crippen LogP contribution in [-0.2, 0) is 40.4 Å². The van der Waals surface area contributed by atoms with Gasteiger partial charge >= 0.3 is 6.03 Å². The van der Waals surface area contributed by atoms with Gasteiger partial charge in [0.25, 0.3) is 0 Å². The van der Waals surface area contributed by atoms with Crippen molar-refractivity contribution in [3.05, 3.63) is 39.8 Å². The van der Waals surface area contributed by atoms with E-state index in [1.54, 1.807) is 24.1 Å². The van der Waals surface area contributed by atoms with Crippen LogP contribution in [0.4, 0.5) is 10.5 Å². The van der Waals surface area contributed by atoms with Gasteiger partial charge in [-0.05, 0) is 73.6 Å². The van der Waals surface area contributed by atoms with Gasteiger partial charge < -0.3 is 10.2 Å². The van der Waals surface area contributed by atoms with Crippen LogP contribution in [0.5, 0.6) is 0 Å². The Kier molecular flexibility index (Phi) is 6.51. The van der Waals surface area contributed by atoms with Crippen LogP contribution in [0.1, 0.15) is 61.3 Å². The maximum absolute atomic E-state index is 13.2. The molecule has 2 aliphatic carbocycles. The van der Waals surface area contributed by atoms with Gasteiger partial charge in [-0.3, -0.25) is 4.79 Å². The normalized spacial score (nSPS) is 21.0. The van der Waals surface area contributed by atoms with E-state index in [1.807, 2.05) is 0 Å². The Bertz CT molecular complexity index is 1100. The highest BCUT2D eigenvalue weighted by Gasteiger charge is 2.27. The summed E-state index contributed by atoms with van der Waals surface area (Å²) in [6.07, 6.45) is 11.2. The van der Waals surface area contributed by atoms with Crippen molar-refractivity contribution in [3.8, 4) is 6.19 Å². The van der Waals surface area contributed by atoms with Crippen LogP contribution < -0.4 is 10.0 Å². The van der Waals surface area contributed by atoms with E-state index in [9.17, 15) is 13.8 Å². The second-order valence-corrected chi connectivity index (χ2v) is 10.3. The maximum atomic E-state index is 13.2. The van der Waals surface area contributed by atoms with Crippen LogP contribution in [0.3, 0.4) is 0 Å². The Labute approximate surface area is 189 Å². The van der Waals surface area contributed by atoms with Crippen LogP contribution in [0.15, 0.2) is 21.9 Å². The number of nitrogens with one attached hydrogen (secondary N) is 2. The fourth-order valence-electron chi connectivity index (χ4n) is 5.09. The molecule has 2 atom stereocenters. The number of rotatable bonds is 5. The van der Waals surface area contributed by atoms with E-state index in [-0.39, 0.29) is 11.9 Å². The lowest BCUT2D eigenvalue weighted by atomic mass is 9.99. The quantitative estimate of drug-likeness (QED) is 0.661. The lowest BCUT2D eigenvalue weighted by Crippen LogP contribution is -2.35. The van der Waals surface area contributed by atoms with Gasteiger partial charge in [-0.1, -0.05) is 23.4 Å². The summed E-state index contributed by atoms with van der Waals surface area (Å²) in [5.74, 6) is 0.0263. The molecule has 0 spiro atoms. The van der Waals surface area contributed by atoms with E-state index in [2.05, 4.69) is 20.5 Å². The Morgan fingerprint density at radius 1 is 1.22 bits per heavy atom. The number of amides is 3. The van der Waals surface area contributed by atoms with E-state index in [0.717, 1.165) is 57.1 Å². The fraction of sp³-hybridized carbons (Fsp3) is 0.522. The molecule has 32 heavy (non-hydrogen) atoms. The number of carbonyl (C=O) groups is 2.